The second-order valence-corrected chi connectivity index (χ2v) is 8.98. The van der Waals surface area contributed by atoms with Crippen molar-refractivity contribution in [3.8, 4) is 0 Å². The number of rotatable bonds is 9. The number of para-hydroxylation sites is 1. The molecule has 0 aliphatic carbocycles. The van der Waals surface area contributed by atoms with E-state index in [-0.39, 0.29) is 17.9 Å². The molecule has 2 aromatic heterocycles. The van der Waals surface area contributed by atoms with Gasteiger partial charge in [-0.25, -0.2) is 4.98 Å². The number of amides is 1. The number of benzene rings is 2. The average molecular weight is 495 g/mol. The van der Waals surface area contributed by atoms with Crippen LogP contribution in [0.4, 0.5) is 5.69 Å². The van der Waals surface area contributed by atoms with Crippen LogP contribution in [0.3, 0.4) is 0 Å². The third-order valence-electron chi connectivity index (χ3n) is 5.14. The van der Waals surface area contributed by atoms with Crippen LogP contribution in [0, 0.1) is 6.92 Å². The summed E-state index contributed by atoms with van der Waals surface area (Å²) in [4.78, 5) is 32.1. The number of nitrogens with one attached hydrogen (secondary N) is 2. The smallest absolute Gasteiger partial charge is 0.258 e. The fourth-order valence-corrected chi connectivity index (χ4v) is 4.40. The molecular formula is C24H23ClN6O2S. The number of hydrogen-bond donors (Lipinski definition) is 2. The molecule has 0 aliphatic rings. The third-order valence-corrected chi connectivity index (χ3v) is 6.52. The van der Waals surface area contributed by atoms with Crippen LogP contribution in [0.25, 0.3) is 10.9 Å². The van der Waals surface area contributed by atoms with Crippen LogP contribution >= 0.6 is 23.4 Å². The molecule has 0 radical (unpaired) electrons. The van der Waals surface area contributed by atoms with E-state index in [0.717, 1.165) is 5.56 Å². The summed E-state index contributed by atoms with van der Waals surface area (Å²) < 4.78 is 1.91. The van der Waals surface area contributed by atoms with Gasteiger partial charge >= 0.3 is 0 Å². The Bertz CT molecular complexity index is 1410. The van der Waals surface area contributed by atoms with Crippen molar-refractivity contribution in [2.24, 2.45) is 0 Å². The molecule has 0 saturated heterocycles. The zero-order valence-electron chi connectivity index (χ0n) is 18.5. The Morgan fingerprint density at radius 3 is 2.88 bits per heavy atom. The molecule has 2 N–H and O–H groups in total. The summed E-state index contributed by atoms with van der Waals surface area (Å²) in [6, 6.07) is 12.6. The maximum absolute atomic E-state index is 12.4. The first-order valence-corrected chi connectivity index (χ1v) is 12.0. The first kappa shape index (κ1) is 23.7. The minimum Gasteiger partial charge on any atom is -0.326 e. The summed E-state index contributed by atoms with van der Waals surface area (Å²) in [6.45, 7) is 6.22. The van der Waals surface area contributed by atoms with Gasteiger partial charge in [-0.2, -0.15) is 0 Å². The average Bonchev–Trinajstić information content (AvgIpc) is 3.20. The van der Waals surface area contributed by atoms with Crippen molar-refractivity contribution in [1.82, 2.24) is 24.7 Å². The van der Waals surface area contributed by atoms with Crippen molar-refractivity contribution in [3.05, 3.63) is 87.7 Å². The van der Waals surface area contributed by atoms with Crippen LogP contribution in [0.5, 0.6) is 0 Å². The first-order valence-electron chi connectivity index (χ1n) is 10.6. The van der Waals surface area contributed by atoms with E-state index in [1.54, 1.807) is 18.2 Å². The van der Waals surface area contributed by atoms with E-state index in [1.807, 2.05) is 41.8 Å². The second-order valence-electron chi connectivity index (χ2n) is 7.63. The van der Waals surface area contributed by atoms with Crippen molar-refractivity contribution in [1.29, 1.82) is 0 Å². The normalized spacial score (nSPS) is 11.0. The number of aromatic amines is 1. The summed E-state index contributed by atoms with van der Waals surface area (Å²) in [6.07, 6.45) is 2.41. The number of carbonyl (C=O) groups excluding carboxylic acids is 1. The summed E-state index contributed by atoms with van der Waals surface area (Å²) in [5.41, 5.74) is 2.08. The summed E-state index contributed by atoms with van der Waals surface area (Å²) in [5, 5.41) is 13.2. The Hall–Kier alpha value is -3.43. The molecule has 4 aromatic rings. The number of halogens is 1. The molecule has 0 saturated carbocycles. The number of aromatic nitrogens is 5. The molecule has 0 aliphatic heterocycles. The van der Waals surface area contributed by atoms with E-state index < -0.39 is 0 Å². The van der Waals surface area contributed by atoms with Crippen LogP contribution in [0.1, 0.15) is 23.6 Å². The van der Waals surface area contributed by atoms with E-state index >= 15 is 0 Å². The van der Waals surface area contributed by atoms with Crippen LogP contribution in [0.15, 0.2) is 65.1 Å². The highest BCUT2D eigenvalue weighted by Crippen LogP contribution is 2.22. The number of fused-ring (bicyclic) bond motifs is 1. The van der Waals surface area contributed by atoms with Gasteiger partial charge in [-0.3, -0.25) is 9.59 Å². The third kappa shape index (κ3) is 5.55. The van der Waals surface area contributed by atoms with Gasteiger partial charge in [0.15, 0.2) is 5.16 Å². The fraction of sp³-hybridized carbons (Fsp3) is 0.208. The molecule has 1 amide bonds. The van der Waals surface area contributed by atoms with Gasteiger partial charge in [0.25, 0.3) is 5.56 Å². The molecule has 0 bridgehead atoms. The van der Waals surface area contributed by atoms with Crippen molar-refractivity contribution in [2.45, 2.75) is 37.2 Å². The lowest BCUT2D eigenvalue weighted by atomic mass is 10.2. The van der Waals surface area contributed by atoms with Crippen LogP contribution < -0.4 is 10.9 Å². The van der Waals surface area contributed by atoms with Gasteiger partial charge in [-0.15, -0.1) is 16.8 Å². The molecule has 0 spiro atoms. The summed E-state index contributed by atoms with van der Waals surface area (Å²) in [7, 11) is 0. The highest BCUT2D eigenvalue weighted by Gasteiger charge is 2.15. The van der Waals surface area contributed by atoms with Gasteiger partial charge in [0.2, 0.25) is 5.91 Å². The zero-order valence-corrected chi connectivity index (χ0v) is 20.1. The van der Waals surface area contributed by atoms with E-state index in [0.29, 0.717) is 57.1 Å². The number of allylic oxidation sites excluding steroid dienone is 1. The Balaban J connectivity index is 1.42. The minimum absolute atomic E-state index is 0.139. The van der Waals surface area contributed by atoms with Gasteiger partial charge in [-0.1, -0.05) is 47.6 Å². The number of nitrogens with zero attached hydrogens (tertiary/aromatic N) is 4. The van der Waals surface area contributed by atoms with E-state index in [2.05, 4.69) is 32.1 Å². The first-order chi connectivity index (χ1) is 16.4. The highest BCUT2D eigenvalue weighted by atomic mass is 35.5. The number of carbonyl (C=O) groups is 1. The van der Waals surface area contributed by atoms with E-state index in [4.69, 9.17) is 11.6 Å². The fourth-order valence-electron chi connectivity index (χ4n) is 3.38. The zero-order chi connectivity index (χ0) is 24.1. The number of thioether (sulfide) groups is 1. The SMILES string of the molecule is C=CCn1c(CCC(=O)Nc2ccc(C)c(Cl)c2)nnc1SCc1nc2ccccc2c(=O)[nH]1. The van der Waals surface area contributed by atoms with Crippen LogP contribution in [-0.2, 0) is 23.5 Å². The molecular weight excluding hydrogens is 472 g/mol. The molecule has 10 heteroatoms. The minimum atomic E-state index is -0.171. The Labute approximate surface area is 205 Å². The Morgan fingerprint density at radius 2 is 2.09 bits per heavy atom. The van der Waals surface area contributed by atoms with Crippen molar-refractivity contribution in [2.75, 3.05) is 5.32 Å². The predicted molar refractivity (Wildman–Crippen MR) is 135 cm³/mol. The lowest BCUT2D eigenvalue weighted by Gasteiger charge is -2.09. The van der Waals surface area contributed by atoms with Crippen molar-refractivity contribution in [3.63, 3.8) is 0 Å². The molecule has 8 nitrogen and oxygen atoms in total. The van der Waals surface area contributed by atoms with Crippen molar-refractivity contribution < 1.29 is 4.79 Å². The molecule has 0 fully saturated rings. The van der Waals surface area contributed by atoms with Crippen LogP contribution in [0.2, 0.25) is 5.02 Å². The van der Waals surface area contributed by atoms with Gasteiger partial charge in [0, 0.05) is 30.1 Å². The molecule has 2 aromatic carbocycles. The van der Waals surface area contributed by atoms with Crippen LogP contribution in [-0.4, -0.2) is 30.6 Å². The molecule has 4 rings (SSSR count). The Kier molecular flexibility index (Phi) is 7.44. The quantitative estimate of drug-likeness (QED) is 0.261. The highest BCUT2D eigenvalue weighted by molar-refractivity contribution is 7.98. The lowest BCUT2D eigenvalue weighted by molar-refractivity contribution is -0.116. The summed E-state index contributed by atoms with van der Waals surface area (Å²) >= 11 is 7.54. The molecule has 0 unspecified atom stereocenters. The van der Waals surface area contributed by atoms with Gasteiger partial charge in [0.1, 0.15) is 11.6 Å². The maximum atomic E-state index is 12.4. The maximum Gasteiger partial charge on any atom is 0.258 e. The van der Waals surface area contributed by atoms with Gasteiger partial charge in [0.05, 0.1) is 16.7 Å². The van der Waals surface area contributed by atoms with Gasteiger partial charge < -0.3 is 14.9 Å². The molecule has 34 heavy (non-hydrogen) atoms. The summed E-state index contributed by atoms with van der Waals surface area (Å²) in [5.74, 6) is 1.52. The number of aryl methyl sites for hydroxylation is 2. The number of hydrogen-bond acceptors (Lipinski definition) is 6. The van der Waals surface area contributed by atoms with Gasteiger partial charge in [-0.05, 0) is 36.8 Å². The standard InChI is InChI=1S/C24H23ClN6O2S/c1-3-12-31-21(10-11-22(32)26-16-9-8-15(2)18(25)13-16)29-30-24(31)34-14-20-27-19-7-5-4-6-17(19)23(33)28-20/h3-9,13H,1,10-12,14H2,2H3,(H,26,32)(H,27,28,33). The monoisotopic (exact) mass is 494 g/mol. The predicted octanol–water partition coefficient (Wildman–Crippen LogP) is 4.53. The Morgan fingerprint density at radius 1 is 1.26 bits per heavy atom. The second kappa shape index (κ2) is 10.7. The molecule has 0 atom stereocenters. The molecule has 2 heterocycles. The lowest BCUT2D eigenvalue weighted by Crippen LogP contribution is -2.14. The molecule has 174 valence electrons. The topological polar surface area (TPSA) is 106 Å². The van der Waals surface area contributed by atoms with E-state index in [1.165, 1.54) is 11.8 Å². The largest absolute Gasteiger partial charge is 0.326 e. The van der Waals surface area contributed by atoms with Crippen molar-refractivity contribution >= 4 is 45.9 Å². The number of H-pyrrole nitrogens is 1. The van der Waals surface area contributed by atoms with E-state index in [9.17, 15) is 9.59 Å². The number of anilines is 1.